The molecule has 0 bridgehead atoms. The molecule has 0 radical (unpaired) electrons. The van der Waals surface area contributed by atoms with Crippen molar-refractivity contribution in [3.05, 3.63) is 48.8 Å². The molecule has 1 aliphatic heterocycles. The van der Waals surface area contributed by atoms with Gasteiger partial charge in [0.15, 0.2) is 0 Å². The molecule has 1 saturated heterocycles. The summed E-state index contributed by atoms with van der Waals surface area (Å²) in [5, 5.41) is 4.15. The van der Waals surface area contributed by atoms with E-state index < -0.39 is 0 Å². The SMILES string of the molecule is CC(C)N1CCN(c2cccc(-c3noc(-c4ccncc4)n3)c2)CC1. The van der Waals surface area contributed by atoms with Crippen molar-refractivity contribution in [2.45, 2.75) is 19.9 Å². The highest BCUT2D eigenvalue weighted by Gasteiger charge is 2.19. The maximum Gasteiger partial charge on any atom is 0.258 e. The average Bonchev–Trinajstić information content (AvgIpc) is 3.19. The number of anilines is 1. The Balaban J connectivity index is 1.53. The molecule has 0 unspecified atom stereocenters. The van der Waals surface area contributed by atoms with Crippen molar-refractivity contribution in [2.75, 3.05) is 31.1 Å². The Hall–Kier alpha value is -2.73. The highest BCUT2D eigenvalue weighted by atomic mass is 16.5. The molecule has 3 heterocycles. The molecule has 6 nitrogen and oxygen atoms in total. The predicted octanol–water partition coefficient (Wildman–Crippen LogP) is 3.33. The minimum atomic E-state index is 0.512. The van der Waals surface area contributed by atoms with E-state index in [0.717, 1.165) is 37.3 Å². The van der Waals surface area contributed by atoms with Crippen molar-refractivity contribution < 1.29 is 4.52 Å². The second-order valence-corrected chi connectivity index (χ2v) is 6.83. The summed E-state index contributed by atoms with van der Waals surface area (Å²) < 4.78 is 5.42. The van der Waals surface area contributed by atoms with Gasteiger partial charge in [0, 0.05) is 61.4 Å². The summed E-state index contributed by atoms with van der Waals surface area (Å²) in [7, 11) is 0. The van der Waals surface area contributed by atoms with Crippen LogP contribution in [0.25, 0.3) is 22.8 Å². The van der Waals surface area contributed by atoms with Crippen molar-refractivity contribution >= 4 is 5.69 Å². The molecule has 0 saturated carbocycles. The first-order chi connectivity index (χ1) is 12.7. The van der Waals surface area contributed by atoms with Gasteiger partial charge in [0.05, 0.1) is 0 Å². The molecule has 4 rings (SSSR count). The van der Waals surface area contributed by atoms with Gasteiger partial charge in [-0.2, -0.15) is 4.98 Å². The van der Waals surface area contributed by atoms with Gasteiger partial charge in [0.1, 0.15) is 0 Å². The fourth-order valence-corrected chi connectivity index (χ4v) is 3.29. The zero-order valence-electron chi connectivity index (χ0n) is 15.2. The van der Waals surface area contributed by atoms with Crippen LogP contribution in [-0.4, -0.2) is 52.2 Å². The third-order valence-electron chi connectivity index (χ3n) is 4.87. The minimum absolute atomic E-state index is 0.512. The number of hydrogen-bond donors (Lipinski definition) is 0. The molecule has 0 aliphatic carbocycles. The minimum Gasteiger partial charge on any atom is -0.369 e. The smallest absolute Gasteiger partial charge is 0.258 e. The molecule has 0 atom stereocenters. The summed E-state index contributed by atoms with van der Waals surface area (Å²) >= 11 is 0. The van der Waals surface area contributed by atoms with E-state index in [4.69, 9.17) is 4.52 Å². The number of nitrogens with zero attached hydrogens (tertiary/aromatic N) is 5. The number of piperazine rings is 1. The largest absolute Gasteiger partial charge is 0.369 e. The van der Waals surface area contributed by atoms with Crippen molar-refractivity contribution in [1.82, 2.24) is 20.0 Å². The zero-order valence-corrected chi connectivity index (χ0v) is 15.2. The normalized spacial score (nSPS) is 15.6. The lowest BCUT2D eigenvalue weighted by atomic mass is 10.1. The van der Waals surface area contributed by atoms with E-state index in [-0.39, 0.29) is 0 Å². The van der Waals surface area contributed by atoms with E-state index in [2.05, 4.69) is 57.0 Å². The van der Waals surface area contributed by atoms with Gasteiger partial charge in [-0.1, -0.05) is 17.3 Å². The number of benzene rings is 1. The number of pyridine rings is 1. The topological polar surface area (TPSA) is 58.3 Å². The Morgan fingerprint density at radius 2 is 1.73 bits per heavy atom. The van der Waals surface area contributed by atoms with E-state index in [1.807, 2.05) is 18.2 Å². The molecule has 1 aliphatic rings. The molecule has 26 heavy (non-hydrogen) atoms. The molecule has 1 fully saturated rings. The lowest BCUT2D eigenvalue weighted by Crippen LogP contribution is -2.48. The maximum absolute atomic E-state index is 5.42. The van der Waals surface area contributed by atoms with E-state index in [9.17, 15) is 0 Å². The summed E-state index contributed by atoms with van der Waals surface area (Å²) in [5.74, 6) is 1.12. The van der Waals surface area contributed by atoms with E-state index in [0.29, 0.717) is 17.8 Å². The highest BCUT2D eigenvalue weighted by molar-refractivity contribution is 5.65. The van der Waals surface area contributed by atoms with Crippen LogP contribution in [0.3, 0.4) is 0 Å². The molecule has 134 valence electrons. The van der Waals surface area contributed by atoms with Crippen molar-refractivity contribution in [2.24, 2.45) is 0 Å². The predicted molar refractivity (Wildman–Crippen MR) is 102 cm³/mol. The van der Waals surface area contributed by atoms with Crippen molar-refractivity contribution in [3.8, 4) is 22.8 Å². The van der Waals surface area contributed by atoms with Crippen LogP contribution in [0.4, 0.5) is 5.69 Å². The maximum atomic E-state index is 5.42. The van der Waals surface area contributed by atoms with Crippen LogP contribution in [-0.2, 0) is 0 Å². The van der Waals surface area contributed by atoms with Crippen LogP contribution in [0, 0.1) is 0 Å². The van der Waals surface area contributed by atoms with Gasteiger partial charge in [-0.05, 0) is 38.1 Å². The van der Waals surface area contributed by atoms with E-state index in [1.165, 1.54) is 5.69 Å². The monoisotopic (exact) mass is 349 g/mol. The second kappa shape index (κ2) is 7.25. The summed E-state index contributed by atoms with van der Waals surface area (Å²) in [6.45, 7) is 8.78. The number of hydrogen-bond acceptors (Lipinski definition) is 6. The molecule has 0 amide bonds. The van der Waals surface area contributed by atoms with Crippen LogP contribution in [0.1, 0.15) is 13.8 Å². The first-order valence-corrected chi connectivity index (χ1v) is 9.04. The van der Waals surface area contributed by atoms with Gasteiger partial charge in [0.2, 0.25) is 5.82 Å². The summed E-state index contributed by atoms with van der Waals surface area (Å²) in [4.78, 5) is 13.5. The zero-order chi connectivity index (χ0) is 17.9. The van der Waals surface area contributed by atoms with E-state index in [1.54, 1.807) is 12.4 Å². The Labute approximate surface area is 153 Å². The summed E-state index contributed by atoms with van der Waals surface area (Å²) in [6.07, 6.45) is 3.44. The lowest BCUT2D eigenvalue weighted by molar-refractivity contribution is 0.209. The molecule has 2 aromatic heterocycles. The van der Waals surface area contributed by atoms with Gasteiger partial charge in [-0.25, -0.2) is 0 Å². The molecular weight excluding hydrogens is 326 g/mol. The standard InChI is InChI=1S/C20H23N5O/c1-15(2)24-10-12-25(13-11-24)18-5-3-4-17(14-18)19-22-20(26-23-19)16-6-8-21-9-7-16/h3-9,14-15H,10-13H2,1-2H3. The fraction of sp³-hybridized carbons (Fsp3) is 0.350. The van der Waals surface area contributed by atoms with E-state index >= 15 is 0 Å². The van der Waals surface area contributed by atoms with Crippen LogP contribution < -0.4 is 4.90 Å². The van der Waals surface area contributed by atoms with Gasteiger partial charge in [-0.3, -0.25) is 9.88 Å². The number of rotatable bonds is 4. The molecule has 0 N–H and O–H groups in total. The molecule has 3 aromatic rings. The van der Waals surface area contributed by atoms with Gasteiger partial charge >= 0.3 is 0 Å². The van der Waals surface area contributed by atoms with Gasteiger partial charge < -0.3 is 9.42 Å². The second-order valence-electron chi connectivity index (χ2n) is 6.83. The van der Waals surface area contributed by atoms with Crippen molar-refractivity contribution in [1.29, 1.82) is 0 Å². The first kappa shape index (κ1) is 16.7. The first-order valence-electron chi connectivity index (χ1n) is 9.04. The Morgan fingerprint density at radius 3 is 2.46 bits per heavy atom. The third kappa shape index (κ3) is 3.46. The van der Waals surface area contributed by atoms with Crippen LogP contribution in [0.2, 0.25) is 0 Å². The summed E-state index contributed by atoms with van der Waals surface area (Å²) in [5.41, 5.74) is 3.05. The Morgan fingerprint density at radius 1 is 0.962 bits per heavy atom. The fourth-order valence-electron chi connectivity index (χ4n) is 3.29. The van der Waals surface area contributed by atoms with Gasteiger partial charge in [-0.15, -0.1) is 0 Å². The summed E-state index contributed by atoms with van der Waals surface area (Å²) in [6, 6.07) is 12.7. The molecular formula is C20H23N5O. The quantitative estimate of drug-likeness (QED) is 0.720. The molecule has 0 spiro atoms. The van der Waals surface area contributed by atoms with Crippen molar-refractivity contribution in [3.63, 3.8) is 0 Å². The Kier molecular flexibility index (Phi) is 4.67. The number of aromatic nitrogens is 3. The molecule has 6 heteroatoms. The molecule has 1 aromatic carbocycles. The Bertz CT molecular complexity index is 853. The van der Waals surface area contributed by atoms with Gasteiger partial charge in [0.25, 0.3) is 5.89 Å². The third-order valence-corrected chi connectivity index (χ3v) is 4.87. The van der Waals surface area contributed by atoms with Crippen LogP contribution in [0.15, 0.2) is 53.3 Å². The lowest BCUT2D eigenvalue weighted by Gasteiger charge is -2.38. The highest BCUT2D eigenvalue weighted by Crippen LogP contribution is 2.26. The average molecular weight is 349 g/mol. The van der Waals surface area contributed by atoms with Crippen LogP contribution >= 0.6 is 0 Å². The van der Waals surface area contributed by atoms with Crippen LogP contribution in [0.5, 0.6) is 0 Å².